The number of alkyl halides is 1. The smallest absolute Gasteiger partial charge is 0.0469 e. The van der Waals surface area contributed by atoms with Crippen LogP contribution in [0.5, 0.6) is 0 Å². The Hall–Kier alpha value is -0.470. The van der Waals surface area contributed by atoms with Gasteiger partial charge in [-0.1, -0.05) is 27.5 Å². The lowest BCUT2D eigenvalue weighted by atomic mass is 10.1. The van der Waals surface area contributed by atoms with Crippen LogP contribution in [-0.4, -0.2) is 10.3 Å². The maximum absolute atomic E-state index is 6.10. The summed E-state index contributed by atoms with van der Waals surface area (Å²) in [4.78, 5) is 3.13. The van der Waals surface area contributed by atoms with Gasteiger partial charge in [-0.3, -0.25) is 0 Å². The van der Waals surface area contributed by atoms with Gasteiger partial charge >= 0.3 is 0 Å². The number of aromatic nitrogens is 1. The molecule has 1 aromatic carbocycles. The van der Waals surface area contributed by atoms with Crippen LogP contribution in [0, 0.1) is 0 Å². The molecule has 68 valence electrons. The van der Waals surface area contributed by atoms with Gasteiger partial charge in [-0.2, -0.15) is 0 Å². The fraction of sp³-hybridized carbons (Fsp3) is 0.200. The molecule has 0 saturated heterocycles. The van der Waals surface area contributed by atoms with Gasteiger partial charge in [0.2, 0.25) is 0 Å². The molecule has 1 heterocycles. The summed E-state index contributed by atoms with van der Waals surface area (Å²) in [6.07, 6.45) is 2.90. The number of fused-ring (bicyclic) bond motifs is 1. The number of aromatic amines is 1. The van der Waals surface area contributed by atoms with Crippen LogP contribution in [0.2, 0.25) is 5.02 Å². The molecule has 0 aliphatic heterocycles. The number of benzene rings is 1. The van der Waals surface area contributed by atoms with Crippen molar-refractivity contribution in [1.29, 1.82) is 0 Å². The van der Waals surface area contributed by atoms with Crippen molar-refractivity contribution in [1.82, 2.24) is 4.98 Å². The average Bonchev–Trinajstić information content (AvgIpc) is 2.52. The summed E-state index contributed by atoms with van der Waals surface area (Å²) in [7, 11) is 0. The highest BCUT2D eigenvalue weighted by Crippen LogP contribution is 2.23. The van der Waals surface area contributed by atoms with Crippen molar-refractivity contribution in [3.8, 4) is 0 Å². The van der Waals surface area contributed by atoms with E-state index in [2.05, 4.69) is 33.0 Å². The number of hydrogen-bond acceptors (Lipinski definition) is 0. The molecule has 1 nitrogen and oxygen atoms in total. The molecule has 0 aliphatic carbocycles. The maximum atomic E-state index is 6.10. The zero-order chi connectivity index (χ0) is 9.26. The summed E-state index contributed by atoms with van der Waals surface area (Å²) < 4.78 is 0. The monoisotopic (exact) mass is 257 g/mol. The fourth-order valence-electron chi connectivity index (χ4n) is 1.41. The third kappa shape index (κ3) is 1.74. The number of rotatable bonds is 2. The van der Waals surface area contributed by atoms with Crippen LogP contribution in [0.1, 0.15) is 5.56 Å². The highest BCUT2D eigenvalue weighted by atomic mass is 79.9. The highest BCUT2D eigenvalue weighted by molar-refractivity contribution is 9.09. The number of halogens is 2. The van der Waals surface area contributed by atoms with Gasteiger partial charge in [0, 0.05) is 22.1 Å². The Balaban J connectivity index is 2.56. The predicted octanol–water partition coefficient (Wildman–Crippen LogP) is 3.76. The van der Waals surface area contributed by atoms with Gasteiger partial charge in [0.15, 0.2) is 0 Å². The van der Waals surface area contributed by atoms with Crippen molar-refractivity contribution >= 4 is 38.4 Å². The summed E-state index contributed by atoms with van der Waals surface area (Å²) in [5.74, 6) is 0. The lowest BCUT2D eigenvalue weighted by Crippen LogP contribution is -1.86. The molecule has 0 spiro atoms. The van der Waals surface area contributed by atoms with E-state index in [4.69, 9.17) is 11.6 Å². The second-order valence-electron chi connectivity index (χ2n) is 2.95. The third-order valence-corrected chi connectivity index (χ3v) is 2.83. The molecule has 0 bridgehead atoms. The van der Waals surface area contributed by atoms with Gasteiger partial charge < -0.3 is 4.98 Å². The zero-order valence-electron chi connectivity index (χ0n) is 6.98. The van der Waals surface area contributed by atoms with Crippen LogP contribution in [0.3, 0.4) is 0 Å². The molecule has 0 saturated carbocycles. The van der Waals surface area contributed by atoms with E-state index in [1.807, 2.05) is 12.3 Å². The number of H-pyrrole nitrogens is 1. The molecular formula is C10H9BrClN. The number of aryl methyl sites for hydroxylation is 1. The number of nitrogens with one attached hydrogen (secondary N) is 1. The van der Waals surface area contributed by atoms with Crippen molar-refractivity contribution in [2.24, 2.45) is 0 Å². The van der Waals surface area contributed by atoms with E-state index in [9.17, 15) is 0 Å². The topological polar surface area (TPSA) is 15.8 Å². The number of hydrogen-bond donors (Lipinski definition) is 1. The van der Waals surface area contributed by atoms with Crippen molar-refractivity contribution in [2.75, 3.05) is 5.33 Å². The van der Waals surface area contributed by atoms with Crippen molar-refractivity contribution in [3.63, 3.8) is 0 Å². The fourth-order valence-corrected chi connectivity index (χ4v) is 2.10. The van der Waals surface area contributed by atoms with Gasteiger partial charge in [0.05, 0.1) is 0 Å². The molecule has 0 unspecified atom stereocenters. The molecule has 0 radical (unpaired) electrons. The summed E-state index contributed by atoms with van der Waals surface area (Å²) in [5.41, 5.74) is 2.30. The van der Waals surface area contributed by atoms with Crippen LogP contribution >= 0.6 is 27.5 Å². The minimum absolute atomic E-state index is 0.842. The Morgan fingerprint density at radius 2 is 2.23 bits per heavy atom. The molecule has 13 heavy (non-hydrogen) atoms. The molecule has 2 aromatic rings. The average molecular weight is 259 g/mol. The Morgan fingerprint density at radius 3 is 3.00 bits per heavy atom. The molecule has 2 rings (SSSR count). The second-order valence-corrected chi connectivity index (χ2v) is 4.15. The Morgan fingerprint density at radius 1 is 1.38 bits per heavy atom. The van der Waals surface area contributed by atoms with Gasteiger partial charge in [-0.25, -0.2) is 0 Å². The van der Waals surface area contributed by atoms with Gasteiger partial charge in [-0.15, -0.1) is 0 Å². The van der Waals surface area contributed by atoms with E-state index in [1.54, 1.807) is 0 Å². The van der Waals surface area contributed by atoms with E-state index >= 15 is 0 Å². The second kappa shape index (κ2) is 3.72. The quantitative estimate of drug-likeness (QED) is 0.790. The van der Waals surface area contributed by atoms with Crippen LogP contribution in [-0.2, 0) is 6.42 Å². The Kier molecular flexibility index (Phi) is 2.61. The van der Waals surface area contributed by atoms with Crippen LogP contribution in [0.15, 0.2) is 24.4 Å². The normalized spacial score (nSPS) is 10.9. The molecule has 0 amide bonds. The van der Waals surface area contributed by atoms with Crippen LogP contribution in [0.25, 0.3) is 10.9 Å². The van der Waals surface area contributed by atoms with Gasteiger partial charge in [-0.05, 0) is 35.6 Å². The first-order valence-electron chi connectivity index (χ1n) is 4.13. The van der Waals surface area contributed by atoms with Crippen molar-refractivity contribution in [3.05, 3.63) is 35.0 Å². The summed E-state index contributed by atoms with van der Waals surface area (Å²) in [5, 5.41) is 3.01. The van der Waals surface area contributed by atoms with E-state index in [-0.39, 0.29) is 0 Å². The lowest BCUT2D eigenvalue weighted by molar-refractivity contribution is 1.18. The first-order chi connectivity index (χ1) is 6.31. The molecule has 3 heteroatoms. The highest BCUT2D eigenvalue weighted by Gasteiger charge is 2.02. The van der Waals surface area contributed by atoms with Gasteiger partial charge in [0.1, 0.15) is 0 Å². The van der Waals surface area contributed by atoms with E-state index in [0.29, 0.717) is 0 Å². The maximum Gasteiger partial charge on any atom is 0.0469 e. The van der Waals surface area contributed by atoms with E-state index < -0.39 is 0 Å². The van der Waals surface area contributed by atoms with Crippen molar-refractivity contribution < 1.29 is 0 Å². The first-order valence-corrected chi connectivity index (χ1v) is 5.62. The Labute approximate surface area is 90.2 Å². The Bertz CT molecular complexity index is 422. The zero-order valence-corrected chi connectivity index (χ0v) is 9.32. The standard InChI is InChI=1S/C10H9BrClN/c11-3-1-7-5-8-2-4-13-10(8)6-9(7)12/h2,4-6,13H,1,3H2. The summed E-state index contributed by atoms with van der Waals surface area (Å²) >= 11 is 9.51. The summed E-state index contributed by atoms with van der Waals surface area (Å²) in [6.45, 7) is 0. The molecule has 1 aromatic heterocycles. The molecule has 0 fully saturated rings. The first kappa shape index (κ1) is 9.10. The molecule has 0 aliphatic rings. The third-order valence-electron chi connectivity index (χ3n) is 2.08. The SMILES string of the molecule is Clc1cc2[nH]ccc2cc1CCBr. The minimum atomic E-state index is 0.842. The lowest BCUT2D eigenvalue weighted by Gasteiger charge is -2.01. The summed E-state index contributed by atoms with van der Waals surface area (Å²) in [6, 6.07) is 6.17. The van der Waals surface area contributed by atoms with Crippen molar-refractivity contribution in [2.45, 2.75) is 6.42 Å². The van der Waals surface area contributed by atoms with E-state index in [0.717, 1.165) is 22.3 Å². The largest absolute Gasteiger partial charge is 0.361 e. The molecule has 1 N–H and O–H groups in total. The molecular weight excluding hydrogens is 249 g/mol. The van der Waals surface area contributed by atoms with Crippen LogP contribution < -0.4 is 0 Å². The van der Waals surface area contributed by atoms with Crippen LogP contribution in [0.4, 0.5) is 0 Å². The van der Waals surface area contributed by atoms with E-state index in [1.165, 1.54) is 10.9 Å². The minimum Gasteiger partial charge on any atom is -0.361 e. The molecule has 0 atom stereocenters. The van der Waals surface area contributed by atoms with Gasteiger partial charge in [0.25, 0.3) is 0 Å². The predicted molar refractivity (Wildman–Crippen MR) is 60.8 cm³/mol.